The molecule has 0 aromatic heterocycles. The largest absolute Gasteiger partial charge is 0.326 e. The van der Waals surface area contributed by atoms with E-state index in [4.69, 9.17) is 5.73 Å². The average molecular weight is 196 g/mol. The minimum atomic E-state index is 0.236. The SMILES string of the molecule is CCC(C)(C(C)N)N1CC2CCC1C2. The van der Waals surface area contributed by atoms with Crippen LogP contribution in [0.5, 0.6) is 0 Å². The second kappa shape index (κ2) is 3.49. The van der Waals surface area contributed by atoms with Crippen molar-refractivity contribution in [3.63, 3.8) is 0 Å². The molecule has 2 nitrogen and oxygen atoms in total. The highest BCUT2D eigenvalue weighted by Gasteiger charge is 2.46. The van der Waals surface area contributed by atoms with Crippen LogP contribution in [-0.4, -0.2) is 29.1 Å². The molecule has 1 saturated carbocycles. The van der Waals surface area contributed by atoms with Gasteiger partial charge >= 0.3 is 0 Å². The first-order chi connectivity index (χ1) is 6.58. The van der Waals surface area contributed by atoms with Crippen molar-refractivity contribution in [1.29, 1.82) is 0 Å². The van der Waals surface area contributed by atoms with Crippen LogP contribution in [0.2, 0.25) is 0 Å². The monoisotopic (exact) mass is 196 g/mol. The van der Waals surface area contributed by atoms with E-state index in [9.17, 15) is 0 Å². The third-order valence-electron chi connectivity index (χ3n) is 4.76. The number of likely N-dealkylation sites (tertiary alicyclic amines) is 1. The Kier molecular flexibility index (Phi) is 2.61. The van der Waals surface area contributed by atoms with Gasteiger partial charge in [-0.15, -0.1) is 0 Å². The van der Waals surface area contributed by atoms with Gasteiger partial charge in [0, 0.05) is 24.2 Å². The number of nitrogens with zero attached hydrogens (tertiary/aromatic N) is 1. The van der Waals surface area contributed by atoms with Crippen molar-refractivity contribution in [2.75, 3.05) is 6.54 Å². The van der Waals surface area contributed by atoms with Gasteiger partial charge in [0.05, 0.1) is 0 Å². The number of rotatable bonds is 3. The summed E-state index contributed by atoms with van der Waals surface area (Å²) < 4.78 is 0. The number of piperidine rings is 1. The molecule has 0 radical (unpaired) electrons. The number of nitrogens with two attached hydrogens (primary N) is 1. The van der Waals surface area contributed by atoms with Gasteiger partial charge in [-0.3, -0.25) is 4.90 Å². The molecule has 2 aliphatic rings. The summed E-state index contributed by atoms with van der Waals surface area (Å²) in [4.78, 5) is 2.70. The Hall–Kier alpha value is -0.0800. The van der Waals surface area contributed by atoms with Crippen LogP contribution in [0.4, 0.5) is 0 Å². The van der Waals surface area contributed by atoms with E-state index in [1.165, 1.54) is 32.2 Å². The Bertz CT molecular complexity index is 214. The summed E-state index contributed by atoms with van der Waals surface area (Å²) in [5.41, 5.74) is 6.39. The average Bonchev–Trinajstić information content (AvgIpc) is 2.77. The third-order valence-corrected chi connectivity index (χ3v) is 4.76. The summed E-state index contributed by atoms with van der Waals surface area (Å²) in [6.45, 7) is 8.08. The van der Waals surface area contributed by atoms with E-state index in [-0.39, 0.29) is 11.6 Å². The topological polar surface area (TPSA) is 29.3 Å². The maximum atomic E-state index is 6.15. The molecular weight excluding hydrogens is 172 g/mol. The molecule has 82 valence electrons. The normalized spacial score (nSPS) is 38.6. The maximum Gasteiger partial charge on any atom is 0.0329 e. The molecule has 2 bridgehead atoms. The molecule has 1 saturated heterocycles. The third kappa shape index (κ3) is 1.40. The maximum absolute atomic E-state index is 6.15. The van der Waals surface area contributed by atoms with Crippen LogP contribution in [0.15, 0.2) is 0 Å². The molecule has 0 spiro atoms. The zero-order valence-corrected chi connectivity index (χ0v) is 9.79. The smallest absolute Gasteiger partial charge is 0.0329 e. The van der Waals surface area contributed by atoms with E-state index >= 15 is 0 Å². The molecule has 2 heteroatoms. The van der Waals surface area contributed by atoms with Crippen molar-refractivity contribution in [2.45, 2.75) is 64.1 Å². The summed E-state index contributed by atoms with van der Waals surface area (Å²) in [6.07, 6.45) is 5.48. The number of fused-ring (bicyclic) bond motifs is 2. The highest BCUT2D eigenvalue weighted by Crippen LogP contribution is 2.42. The van der Waals surface area contributed by atoms with Crippen molar-refractivity contribution >= 4 is 0 Å². The number of hydrogen-bond acceptors (Lipinski definition) is 2. The molecule has 2 N–H and O–H groups in total. The van der Waals surface area contributed by atoms with Crippen LogP contribution < -0.4 is 5.73 Å². The zero-order chi connectivity index (χ0) is 10.3. The Morgan fingerprint density at radius 3 is 2.57 bits per heavy atom. The summed E-state index contributed by atoms with van der Waals surface area (Å²) in [6, 6.07) is 1.13. The van der Waals surface area contributed by atoms with Gasteiger partial charge in [0.2, 0.25) is 0 Å². The lowest BCUT2D eigenvalue weighted by molar-refractivity contribution is 0.0481. The van der Waals surface area contributed by atoms with E-state index in [0.717, 1.165) is 12.0 Å². The van der Waals surface area contributed by atoms with E-state index in [2.05, 4.69) is 25.7 Å². The summed E-state index contributed by atoms with van der Waals surface area (Å²) in [7, 11) is 0. The van der Waals surface area contributed by atoms with Crippen molar-refractivity contribution in [2.24, 2.45) is 11.7 Å². The van der Waals surface area contributed by atoms with E-state index in [1.54, 1.807) is 0 Å². The van der Waals surface area contributed by atoms with Crippen molar-refractivity contribution in [3.05, 3.63) is 0 Å². The standard InChI is InChI=1S/C12H24N2/c1-4-12(3,9(2)13)14-8-10-5-6-11(14)7-10/h9-11H,4-8,13H2,1-3H3. The molecule has 0 amide bonds. The van der Waals surface area contributed by atoms with Gasteiger partial charge in [-0.05, 0) is 45.4 Å². The van der Waals surface area contributed by atoms with Crippen LogP contribution >= 0.6 is 0 Å². The highest BCUT2D eigenvalue weighted by molar-refractivity contribution is 5.03. The molecule has 2 fully saturated rings. The summed E-state index contributed by atoms with van der Waals surface area (Å²) in [5.74, 6) is 0.977. The van der Waals surface area contributed by atoms with E-state index in [1.807, 2.05) is 0 Å². The van der Waals surface area contributed by atoms with Crippen LogP contribution in [-0.2, 0) is 0 Å². The second-order valence-corrected chi connectivity index (χ2v) is 5.48. The predicted octanol–water partition coefficient (Wildman–Crippen LogP) is 1.99. The molecule has 1 heterocycles. The molecule has 2 rings (SSSR count). The van der Waals surface area contributed by atoms with Crippen LogP contribution in [0.25, 0.3) is 0 Å². The molecule has 14 heavy (non-hydrogen) atoms. The molecule has 0 aromatic rings. The first-order valence-corrected chi connectivity index (χ1v) is 6.10. The van der Waals surface area contributed by atoms with Gasteiger partial charge in [0.25, 0.3) is 0 Å². The molecule has 0 aromatic carbocycles. The molecule has 1 aliphatic carbocycles. The number of hydrogen-bond donors (Lipinski definition) is 1. The fourth-order valence-corrected chi connectivity index (χ4v) is 3.34. The first kappa shape index (κ1) is 10.4. The minimum absolute atomic E-state index is 0.236. The fraction of sp³-hybridized carbons (Fsp3) is 1.00. The van der Waals surface area contributed by atoms with Gasteiger partial charge in [-0.2, -0.15) is 0 Å². The van der Waals surface area contributed by atoms with Gasteiger partial charge in [-0.1, -0.05) is 6.92 Å². The highest BCUT2D eigenvalue weighted by atomic mass is 15.3. The molecule has 1 aliphatic heterocycles. The summed E-state index contributed by atoms with van der Waals surface area (Å²) in [5, 5.41) is 0. The van der Waals surface area contributed by atoms with Gasteiger partial charge < -0.3 is 5.73 Å². The first-order valence-electron chi connectivity index (χ1n) is 6.10. The van der Waals surface area contributed by atoms with Gasteiger partial charge in [0.1, 0.15) is 0 Å². The molecule has 4 unspecified atom stereocenters. The zero-order valence-electron chi connectivity index (χ0n) is 9.79. The Balaban J connectivity index is 2.13. The van der Waals surface area contributed by atoms with Crippen molar-refractivity contribution in [1.82, 2.24) is 4.90 Å². The molecule has 4 atom stereocenters. The van der Waals surface area contributed by atoms with Gasteiger partial charge in [-0.25, -0.2) is 0 Å². The van der Waals surface area contributed by atoms with Crippen molar-refractivity contribution < 1.29 is 0 Å². The van der Waals surface area contributed by atoms with E-state index in [0.29, 0.717) is 0 Å². The lowest BCUT2D eigenvalue weighted by atomic mass is 9.87. The van der Waals surface area contributed by atoms with E-state index < -0.39 is 0 Å². The Morgan fingerprint density at radius 1 is 1.50 bits per heavy atom. The second-order valence-electron chi connectivity index (χ2n) is 5.48. The lowest BCUT2D eigenvalue weighted by Crippen LogP contribution is -2.58. The van der Waals surface area contributed by atoms with Crippen LogP contribution in [0, 0.1) is 5.92 Å². The fourth-order valence-electron chi connectivity index (χ4n) is 3.34. The summed E-state index contributed by atoms with van der Waals surface area (Å²) >= 11 is 0. The Labute approximate surface area is 87.8 Å². The quantitative estimate of drug-likeness (QED) is 0.748. The predicted molar refractivity (Wildman–Crippen MR) is 60.2 cm³/mol. The lowest BCUT2D eigenvalue weighted by Gasteiger charge is -2.46. The van der Waals surface area contributed by atoms with Crippen molar-refractivity contribution in [3.8, 4) is 0 Å². The molecular formula is C12H24N2. The van der Waals surface area contributed by atoms with Gasteiger partial charge in [0.15, 0.2) is 0 Å². The van der Waals surface area contributed by atoms with Crippen LogP contribution in [0.3, 0.4) is 0 Å². The minimum Gasteiger partial charge on any atom is -0.326 e. The van der Waals surface area contributed by atoms with Crippen LogP contribution in [0.1, 0.15) is 46.5 Å². The Morgan fingerprint density at radius 2 is 2.21 bits per heavy atom.